The van der Waals surface area contributed by atoms with Gasteiger partial charge in [0.25, 0.3) is 5.91 Å². The maximum absolute atomic E-state index is 12.7. The summed E-state index contributed by atoms with van der Waals surface area (Å²) >= 11 is 9.36. The number of anilines is 1. The van der Waals surface area contributed by atoms with Crippen molar-refractivity contribution in [3.05, 3.63) is 63.1 Å². The Labute approximate surface area is 131 Å². The van der Waals surface area contributed by atoms with Gasteiger partial charge in [-0.3, -0.25) is 4.79 Å². The van der Waals surface area contributed by atoms with Gasteiger partial charge in [0.05, 0.1) is 5.56 Å². The van der Waals surface area contributed by atoms with Crippen molar-refractivity contribution in [2.75, 3.05) is 11.4 Å². The topological polar surface area (TPSA) is 20.3 Å². The molecule has 0 N–H and O–H groups in total. The maximum atomic E-state index is 12.7. The number of hydrogen-bond donors (Lipinski definition) is 0. The fraction of sp³-hybridized carbons (Fsp3) is 0.188. The summed E-state index contributed by atoms with van der Waals surface area (Å²) in [6.45, 7) is 0.755. The zero-order chi connectivity index (χ0) is 14.1. The molecule has 1 heterocycles. The molecule has 1 aliphatic heterocycles. The lowest BCUT2D eigenvalue weighted by molar-refractivity contribution is 0.0984. The van der Waals surface area contributed by atoms with Crippen LogP contribution in [0, 0.1) is 0 Å². The van der Waals surface area contributed by atoms with Crippen LogP contribution < -0.4 is 4.90 Å². The third-order valence-corrected chi connectivity index (χ3v) is 4.41. The van der Waals surface area contributed by atoms with Gasteiger partial charge in [0.2, 0.25) is 0 Å². The number of hydrogen-bond acceptors (Lipinski definition) is 1. The molecule has 0 aliphatic carbocycles. The van der Waals surface area contributed by atoms with Crippen molar-refractivity contribution < 1.29 is 4.79 Å². The number of aryl methyl sites for hydroxylation is 1. The number of halogens is 2. The first-order chi connectivity index (χ1) is 9.66. The Morgan fingerprint density at radius 3 is 2.80 bits per heavy atom. The molecular weight excluding hydrogens is 338 g/mol. The highest BCUT2D eigenvalue weighted by molar-refractivity contribution is 9.10. The van der Waals surface area contributed by atoms with Crippen molar-refractivity contribution in [3.8, 4) is 0 Å². The van der Waals surface area contributed by atoms with E-state index in [1.165, 1.54) is 5.56 Å². The number of carbonyl (C=O) groups excluding carboxylic acids is 1. The Kier molecular flexibility index (Phi) is 3.81. The van der Waals surface area contributed by atoms with E-state index in [1.807, 2.05) is 23.1 Å². The zero-order valence-electron chi connectivity index (χ0n) is 10.8. The standard InChI is InChI=1S/C16H13BrClNO/c17-14-10-12(18)7-8-13(14)16(20)19-9-3-5-11-4-1-2-6-15(11)19/h1-2,4,6-8,10H,3,5,9H2. The van der Waals surface area contributed by atoms with Crippen LogP contribution in [0.2, 0.25) is 5.02 Å². The highest BCUT2D eigenvalue weighted by atomic mass is 79.9. The molecule has 0 fully saturated rings. The van der Waals surface area contributed by atoms with Gasteiger partial charge >= 0.3 is 0 Å². The van der Waals surface area contributed by atoms with Crippen molar-refractivity contribution in [2.24, 2.45) is 0 Å². The van der Waals surface area contributed by atoms with Crippen molar-refractivity contribution >= 4 is 39.1 Å². The first-order valence-corrected chi connectivity index (χ1v) is 7.69. The van der Waals surface area contributed by atoms with Crippen molar-refractivity contribution in [3.63, 3.8) is 0 Å². The fourth-order valence-corrected chi connectivity index (χ4v) is 3.41. The largest absolute Gasteiger partial charge is 0.308 e. The van der Waals surface area contributed by atoms with Gasteiger partial charge in [0.15, 0.2) is 0 Å². The smallest absolute Gasteiger partial charge is 0.259 e. The molecule has 0 atom stereocenters. The van der Waals surface area contributed by atoms with Crippen LogP contribution in [-0.4, -0.2) is 12.5 Å². The highest BCUT2D eigenvalue weighted by Crippen LogP contribution is 2.30. The average Bonchev–Trinajstić information content (AvgIpc) is 2.46. The summed E-state index contributed by atoms with van der Waals surface area (Å²) in [5, 5.41) is 0.618. The Balaban J connectivity index is 2.00. The number of benzene rings is 2. The van der Waals surface area contributed by atoms with Gasteiger partial charge < -0.3 is 4.90 Å². The van der Waals surface area contributed by atoms with Gasteiger partial charge in [-0.1, -0.05) is 29.8 Å². The number of nitrogens with zero attached hydrogens (tertiary/aromatic N) is 1. The average molecular weight is 351 g/mol. The second-order valence-electron chi connectivity index (χ2n) is 4.81. The Morgan fingerprint density at radius 2 is 2.00 bits per heavy atom. The molecule has 0 bridgehead atoms. The molecule has 0 unspecified atom stereocenters. The first-order valence-electron chi connectivity index (χ1n) is 6.51. The lowest BCUT2D eigenvalue weighted by atomic mass is 10.0. The molecule has 102 valence electrons. The lowest BCUT2D eigenvalue weighted by Crippen LogP contribution is -2.35. The molecule has 0 radical (unpaired) electrons. The van der Waals surface area contributed by atoms with Crippen LogP contribution in [0.4, 0.5) is 5.69 Å². The van der Waals surface area contributed by atoms with Gasteiger partial charge in [-0.25, -0.2) is 0 Å². The summed E-state index contributed by atoms with van der Waals surface area (Å²) in [5.74, 6) is 0.0145. The molecule has 0 aromatic heterocycles. The molecule has 20 heavy (non-hydrogen) atoms. The van der Waals surface area contributed by atoms with Crippen molar-refractivity contribution in [1.29, 1.82) is 0 Å². The minimum absolute atomic E-state index is 0.0145. The lowest BCUT2D eigenvalue weighted by Gasteiger charge is -2.29. The van der Waals surface area contributed by atoms with Crippen molar-refractivity contribution in [2.45, 2.75) is 12.8 Å². The molecule has 2 aromatic rings. The number of carbonyl (C=O) groups is 1. The third kappa shape index (κ3) is 2.48. The zero-order valence-corrected chi connectivity index (χ0v) is 13.1. The second kappa shape index (κ2) is 5.58. The second-order valence-corrected chi connectivity index (χ2v) is 6.10. The number of amides is 1. The van der Waals surface area contributed by atoms with Gasteiger partial charge in [-0.05, 0) is 58.6 Å². The Bertz CT molecular complexity index is 671. The summed E-state index contributed by atoms with van der Waals surface area (Å²) in [7, 11) is 0. The molecule has 4 heteroatoms. The predicted molar refractivity (Wildman–Crippen MR) is 85.6 cm³/mol. The van der Waals surface area contributed by atoms with Crippen molar-refractivity contribution in [1.82, 2.24) is 0 Å². The van der Waals surface area contributed by atoms with E-state index < -0.39 is 0 Å². The monoisotopic (exact) mass is 349 g/mol. The van der Waals surface area contributed by atoms with Crippen LogP contribution in [0.15, 0.2) is 46.9 Å². The van der Waals surface area contributed by atoms with Gasteiger partial charge in [-0.2, -0.15) is 0 Å². The maximum Gasteiger partial charge on any atom is 0.259 e. The molecular formula is C16H13BrClNO. The van der Waals surface area contributed by atoms with E-state index >= 15 is 0 Å². The van der Waals surface area contributed by atoms with E-state index in [-0.39, 0.29) is 5.91 Å². The van der Waals surface area contributed by atoms with E-state index in [4.69, 9.17) is 11.6 Å². The van der Waals surface area contributed by atoms with Crippen LogP contribution in [-0.2, 0) is 6.42 Å². The number of para-hydroxylation sites is 1. The van der Waals surface area contributed by atoms with Crippen LogP contribution in [0.3, 0.4) is 0 Å². The van der Waals surface area contributed by atoms with Gasteiger partial charge in [-0.15, -0.1) is 0 Å². The van der Waals surface area contributed by atoms with E-state index in [9.17, 15) is 4.79 Å². The summed E-state index contributed by atoms with van der Waals surface area (Å²) in [6.07, 6.45) is 2.02. The van der Waals surface area contributed by atoms with E-state index in [2.05, 4.69) is 22.0 Å². The number of rotatable bonds is 1. The van der Waals surface area contributed by atoms with E-state index in [0.29, 0.717) is 10.6 Å². The minimum Gasteiger partial charge on any atom is -0.308 e. The van der Waals surface area contributed by atoms with E-state index in [0.717, 1.165) is 29.5 Å². The Morgan fingerprint density at radius 1 is 1.20 bits per heavy atom. The van der Waals surface area contributed by atoms with Gasteiger partial charge in [0.1, 0.15) is 0 Å². The predicted octanol–water partition coefficient (Wildman–Crippen LogP) is 4.70. The molecule has 2 nitrogen and oxygen atoms in total. The Hall–Kier alpha value is -1.32. The van der Waals surface area contributed by atoms with Crippen LogP contribution in [0.1, 0.15) is 22.3 Å². The minimum atomic E-state index is 0.0145. The summed E-state index contributed by atoms with van der Waals surface area (Å²) in [5.41, 5.74) is 2.90. The third-order valence-electron chi connectivity index (χ3n) is 3.52. The molecule has 1 amide bonds. The summed E-state index contributed by atoms with van der Waals surface area (Å²) in [6, 6.07) is 13.4. The fourth-order valence-electron chi connectivity index (χ4n) is 2.55. The summed E-state index contributed by atoms with van der Waals surface area (Å²) < 4.78 is 0.734. The van der Waals surface area contributed by atoms with E-state index in [1.54, 1.807) is 18.2 Å². The quantitative estimate of drug-likeness (QED) is 0.730. The van der Waals surface area contributed by atoms with Crippen LogP contribution in [0.25, 0.3) is 0 Å². The SMILES string of the molecule is O=C(c1ccc(Cl)cc1Br)N1CCCc2ccccc21. The molecule has 0 saturated heterocycles. The van der Waals surface area contributed by atoms with Crippen LogP contribution >= 0.6 is 27.5 Å². The molecule has 1 aliphatic rings. The van der Waals surface area contributed by atoms with Gasteiger partial charge in [0, 0.05) is 21.7 Å². The highest BCUT2D eigenvalue weighted by Gasteiger charge is 2.24. The normalized spacial score (nSPS) is 14.0. The molecule has 2 aromatic carbocycles. The van der Waals surface area contributed by atoms with Crippen LogP contribution in [0.5, 0.6) is 0 Å². The molecule has 0 spiro atoms. The molecule has 0 saturated carbocycles. The summed E-state index contributed by atoms with van der Waals surface area (Å²) in [4.78, 5) is 14.6. The number of fused-ring (bicyclic) bond motifs is 1. The molecule has 3 rings (SSSR count). The first kappa shape index (κ1) is 13.7.